The van der Waals surface area contributed by atoms with E-state index in [9.17, 15) is 46.8 Å². The van der Waals surface area contributed by atoms with E-state index < -0.39 is 67.2 Å². The number of nitrogens with two attached hydrogens (primary N) is 1. The number of aromatic nitrogens is 6. The molecule has 488 valence electrons. The minimum atomic E-state index is -4.47. The van der Waals surface area contributed by atoms with Crippen LogP contribution in [0.4, 0.5) is 37.2 Å². The first-order valence-electron chi connectivity index (χ1n) is 26.2. The maximum atomic E-state index is 15.2. The Hall–Kier alpha value is -8.51. The summed E-state index contributed by atoms with van der Waals surface area (Å²) < 4.78 is 69.9. The zero-order chi connectivity index (χ0) is 61.7. The van der Waals surface area contributed by atoms with Gasteiger partial charge < -0.3 is 25.9 Å². The molecular weight excluding hydrogens is 1420 g/mol. The molecule has 4 heterocycles. The quantitative estimate of drug-likeness (QED) is 0.0533. The monoisotopic (exact) mass is 1500 g/mol. The first-order chi connectivity index (χ1) is 40.2. The number of nitrogens with one attached hydrogen (secondary N) is 3. The Morgan fingerprint density at radius 1 is 0.560 bits per heavy atom. The van der Waals surface area contributed by atoms with Gasteiger partial charge in [0.1, 0.15) is 38.6 Å². The van der Waals surface area contributed by atoms with Gasteiger partial charge in [-0.2, -0.15) is 8.42 Å². The molecule has 0 saturated heterocycles. The van der Waals surface area contributed by atoms with E-state index >= 15 is 8.78 Å². The van der Waals surface area contributed by atoms with Gasteiger partial charge >= 0.3 is 21.5 Å². The first kappa shape index (κ1) is 76.7. The van der Waals surface area contributed by atoms with Crippen LogP contribution in [0.25, 0.3) is 33.4 Å². The number of aryl methyl sites for hydroxylation is 3. The van der Waals surface area contributed by atoms with Crippen molar-refractivity contribution in [3.63, 3.8) is 0 Å². The van der Waals surface area contributed by atoms with E-state index in [0.29, 0.717) is 49.9 Å². The number of rotatable bonds is 11. The highest BCUT2D eigenvalue weighted by molar-refractivity contribution is 14.1. The highest BCUT2D eigenvalue weighted by Gasteiger charge is 2.35. The molecule has 0 spiro atoms. The van der Waals surface area contributed by atoms with Gasteiger partial charge in [-0.25, -0.2) is 27.5 Å². The number of nitrogens with zero attached hydrogens (tertiary/aromatic N) is 6. The number of benzene rings is 5. The lowest BCUT2D eigenvalue weighted by Crippen LogP contribution is -2.42. The molecule has 2 amide bonds. The first-order valence-corrected chi connectivity index (χ1v) is 29.8. The van der Waals surface area contributed by atoms with Crippen LogP contribution < -0.4 is 59.5 Å². The van der Waals surface area contributed by atoms with Gasteiger partial charge in [0.2, 0.25) is 11.8 Å². The molecule has 2 aliphatic rings. The van der Waals surface area contributed by atoms with Gasteiger partial charge in [0, 0.05) is 75.5 Å². The minimum absolute atomic E-state index is 0. The summed E-state index contributed by atoms with van der Waals surface area (Å²) in [6, 6.07) is 27.6. The molecule has 11 rings (SSSR count). The van der Waals surface area contributed by atoms with Crippen LogP contribution in [0.3, 0.4) is 0 Å². The van der Waals surface area contributed by atoms with Crippen LogP contribution in [0, 0.1) is 39.5 Å². The van der Waals surface area contributed by atoms with Crippen molar-refractivity contribution >= 4 is 118 Å². The number of carbonyl (C=O) groups excluding carboxylic acids is 2. The van der Waals surface area contributed by atoms with E-state index in [1.165, 1.54) is 75.8 Å². The number of pyridine rings is 2. The van der Waals surface area contributed by atoms with Gasteiger partial charge in [-0.3, -0.25) is 47.0 Å². The summed E-state index contributed by atoms with van der Waals surface area (Å²) in [4.78, 5) is 103. The second-order valence-corrected chi connectivity index (χ2v) is 24.4. The van der Waals surface area contributed by atoms with Gasteiger partial charge in [-0.05, 0) is 177 Å². The fraction of sp³-hybridized carbons (Fsp3) is 0.292. The highest BCUT2D eigenvalue weighted by atomic mass is 127. The van der Waals surface area contributed by atoms with Gasteiger partial charge in [0.05, 0.1) is 22.6 Å². The van der Waals surface area contributed by atoms with Gasteiger partial charge in [-0.15, -0.1) is 0 Å². The molecule has 2 saturated carbocycles. The van der Waals surface area contributed by atoms with Crippen molar-refractivity contribution in [2.24, 2.45) is 14.1 Å². The average Bonchev–Trinajstić information content (AvgIpc) is 1.59. The molecular formula is C65H78F2I2N10O11S. The predicted octanol–water partition coefficient (Wildman–Crippen LogP) is 12.3. The van der Waals surface area contributed by atoms with E-state index in [1.807, 2.05) is 45.2 Å². The van der Waals surface area contributed by atoms with Crippen LogP contribution in [-0.4, -0.2) is 47.6 Å². The number of carbonyl (C=O) groups is 2. The Morgan fingerprint density at radius 2 is 0.978 bits per heavy atom. The third-order valence-electron chi connectivity index (χ3n) is 13.9. The molecule has 0 aliphatic heterocycles. The second-order valence-electron chi connectivity index (χ2n) is 20.4. The van der Waals surface area contributed by atoms with Crippen molar-refractivity contribution in [2.45, 2.75) is 122 Å². The molecule has 9 aromatic rings. The van der Waals surface area contributed by atoms with Crippen molar-refractivity contribution in [1.29, 1.82) is 0 Å². The summed E-state index contributed by atoms with van der Waals surface area (Å²) in [6.45, 7) is 7.57. The molecule has 2 aliphatic carbocycles. The summed E-state index contributed by atoms with van der Waals surface area (Å²) in [6.07, 6.45) is 2.42. The van der Waals surface area contributed by atoms with Crippen LogP contribution >= 0.6 is 45.2 Å². The van der Waals surface area contributed by atoms with Crippen molar-refractivity contribution in [3.05, 3.63) is 207 Å². The summed E-state index contributed by atoms with van der Waals surface area (Å²) >= 11 is 3.89. The van der Waals surface area contributed by atoms with Crippen molar-refractivity contribution < 1.29 is 31.0 Å². The lowest BCUT2D eigenvalue weighted by atomic mass is 10.1. The number of anilines is 5. The van der Waals surface area contributed by atoms with E-state index in [4.69, 9.17) is 9.92 Å². The van der Waals surface area contributed by atoms with Crippen molar-refractivity contribution in [1.82, 2.24) is 27.4 Å². The Morgan fingerprint density at radius 3 is 1.42 bits per heavy atom. The minimum Gasteiger partial charge on any atom is -0.399 e. The average molecular weight is 1500 g/mol. The van der Waals surface area contributed by atoms with E-state index in [0.717, 1.165) is 34.1 Å². The fourth-order valence-corrected chi connectivity index (χ4v) is 11.5. The topological polar surface area (TPSA) is 272 Å². The summed E-state index contributed by atoms with van der Waals surface area (Å²) in [7, 11) is -1.68. The van der Waals surface area contributed by atoms with Crippen molar-refractivity contribution in [3.8, 4) is 17.1 Å². The number of hydrogen-bond acceptors (Lipinski definition) is 13. The van der Waals surface area contributed by atoms with E-state index in [2.05, 4.69) is 16.0 Å². The molecule has 4 aromatic heterocycles. The smallest absolute Gasteiger partial charge is 0.339 e. The van der Waals surface area contributed by atoms with Gasteiger partial charge in [0.15, 0.2) is 5.75 Å². The van der Waals surface area contributed by atoms with Crippen LogP contribution in [0.15, 0.2) is 143 Å². The standard InChI is InChI=1S/C26H23FIN5O4.C25H21FIN3O6S.C8H10N2O.6CH4/c1-13-22(30-17-6-4-5-16(12-17)29-14(2)34)21-23(31(3)24(13)35)33(20-10-7-15(28)11-19(20)27)26(37)32(25(21)36)18-8-9-18;1-13-4-9-17(10-5-13)37(34,35)36-21-14(2)23(31)28(3)22-20(21)24(32)29(16-7-8-16)25(33)30(22)19-11-6-15(27)12-18(19)26;1-6(11)10-8-4-2-3-7(9)5-8;;;;;;/h4-7,10-12,18,30H,8-9H2,1-3H3,(H,29,34);4-6,9-12,16H,7-8H2,1-3H3;2-5H,9H2,1H3,(H,10,11);6*1H4. The predicted molar refractivity (Wildman–Crippen MR) is 378 cm³/mol. The highest BCUT2D eigenvalue weighted by Crippen LogP contribution is 2.37. The molecule has 5 aromatic carbocycles. The van der Waals surface area contributed by atoms with Crippen LogP contribution in [0.5, 0.6) is 5.75 Å². The number of amides is 2. The Kier molecular flexibility index (Phi) is 25.7. The number of nitrogen functional groups attached to an aromatic ring is 1. The summed E-state index contributed by atoms with van der Waals surface area (Å²) in [5, 5.41) is 8.27. The zero-order valence-electron chi connectivity index (χ0n) is 46.5. The molecule has 0 atom stereocenters. The molecule has 0 radical (unpaired) electrons. The van der Waals surface area contributed by atoms with Gasteiger partial charge in [0.25, 0.3) is 22.2 Å². The van der Waals surface area contributed by atoms with Gasteiger partial charge in [-0.1, -0.05) is 74.4 Å². The van der Waals surface area contributed by atoms with Crippen LogP contribution in [0.2, 0.25) is 0 Å². The lowest BCUT2D eigenvalue weighted by molar-refractivity contribution is -0.115. The SMILES string of the molecule is C.C.C.C.C.C.CC(=O)Nc1cccc(N)c1.CC(=O)Nc1cccc(Nc2c(C)c(=O)n(C)c3c2c(=O)n(C2CC2)c(=O)n3-c2ccc(I)cc2F)c1.Cc1ccc(S(=O)(=O)Oc2c(C)c(=O)n(C)c3c2c(=O)n(C2CC2)c(=O)n3-c2ccc(I)cc2F)cc1. The number of hydrogen-bond donors (Lipinski definition) is 4. The molecule has 2 fully saturated rings. The van der Waals surface area contributed by atoms with Crippen LogP contribution in [0.1, 0.15) is 113 Å². The van der Waals surface area contributed by atoms with Crippen LogP contribution in [-0.2, 0) is 33.8 Å². The lowest BCUT2D eigenvalue weighted by Gasteiger charge is -2.21. The molecule has 26 heteroatoms. The second kappa shape index (κ2) is 30.5. The zero-order valence-corrected chi connectivity index (χ0v) is 51.7. The Labute approximate surface area is 553 Å². The molecule has 5 N–H and O–H groups in total. The normalized spacial score (nSPS) is 12.0. The maximum Gasteiger partial charge on any atom is 0.339 e. The number of halogens is 4. The largest absolute Gasteiger partial charge is 0.399 e. The van der Waals surface area contributed by atoms with E-state index in [1.54, 1.807) is 86.6 Å². The Bertz CT molecular complexity index is 4760. The molecule has 21 nitrogen and oxygen atoms in total. The summed E-state index contributed by atoms with van der Waals surface area (Å²) in [5.41, 5.74) is 4.51. The fourth-order valence-electron chi connectivity index (χ4n) is 9.59. The third kappa shape index (κ3) is 15.8. The Balaban J connectivity index is 0.000000385. The molecule has 0 bridgehead atoms. The van der Waals surface area contributed by atoms with Crippen molar-refractivity contribution in [2.75, 3.05) is 21.7 Å². The molecule has 0 unspecified atom stereocenters. The third-order valence-corrected chi connectivity index (χ3v) is 16.5. The summed E-state index contributed by atoms with van der Waals surface area (Å²) in [5.74, 6) is -2.22. The van der Waals surface area contributed by atoms with E-state index in [-0.39, 0.29) is 118 Å². The number of fused-ring (bicyclic) bond motifs is 2. The molecule has 91 heavy (non-hydrogen) atoms. The maximum absolute atomic E-state index is 15.2.